The summed E-state index contributed by atoms with van der Waals surface area (Å²) in [6, 6.07) is 10.7. The third kappa shape index (κ3) is 7.66. The Labute approximate surface area is 185 Å². The highest BCUT2D eigenvalue weighted by molar-refractivity contribution is 5.62. The third-order valence-electron chi connectivity index (χ3n) is 6.86. The SMILES string of the molecule is CCCCCCC[C@H]1CC[C@H](CCc2ccc(-c3ccc(C(F)(F)F)nc3)cc2)CC1. The van der Waals surface area contributed by atoms with E-state index < -0.39 is 11.9 Å². The fraction of sp³-hybridized carbons (Fsp3) is 0.593. The zero-order valence-corrected chi connectivity index (χ0v) is 18.8. The van der Waals surface area contributed by atoms with Crippen molar-refractivity contribution >= 4 is 0 Å². The average molecular weight is 432 g/mol. The van der Waals surface area contributed by atoms with Gasteiger partial charge >= 0.3 is 6.18 Å². The van der Waals surface area contributed by atoms with Crippen LogP contribution in [0.5, 0.6) is 0 Å². The van der Waals surface area contributed by atoms with E-state index >= 15 is 0 Å². The van der Waals surface area contributed by atoms with Crippen molar-refractivity contribution in [3.8, 4) is 11.1 Å². The number of rotatable bonds is 10. The number of hydrogen-bond donors (Lipinski definition) is 0. The molecule has 0 saturated heterocycles. The Hall–Kier alpha value is -1.84. The lowest BCUT2D eigenvalue weighted by Crippen LogP contribution is -2.15. The molecule has 0 amide bonds. The van der Waals surface area contributed by atoms with Crippen LogP contribution in [0.25, 0.3) is 11.1 Å². The largest absolute Gasteiger partial charge is 0.433 e. The van der Waals surface area contributed by atoms with E-state index in [9.17, 15) is 13.2 Å². The first-order valence-corrected chi connectivity index (χ1v) is 12.1. The summed E-state index contributed by atoms with van der Waals surface area (Å²) in [5, 5.41) is 0. The molecule has 1 nitrogen and oxygen atoms in total. The molecule has 0 unspecified atom stereocenters. The molecule has 0 spiro atoms. The van der Waals surface area contributed by atoms with Gasteiger partial charge in [0.2, 0.25) is 0 Å². The highest BCUT2D eigenvalue weighted by atomic mass is 19.4. The number of halogens is 3. The van der Waals surface area contributed by atoms with Crippen LogP contribution in [-0.4, -0.2) is 4.98 Å². The maximum absolute atomic E-state index is 12.7. The van der Waals surface area contributed by atoms with Crippen molar-refractivity contribution < 1.29 is 13.2 Å². The van der Waals surface area contributed by atoms with E-state index in [1.807, 2.05) is 12.1 Å². The Morgan fingerprint density at radius 1 is 0.774 bits per heavy atom. The van der Waals surface area contributed by atoms with Crippen LogP contribution in [0.3, 0.4) is 0 Å². The van der Waals surface area contributed by atoms with Gasteiger partial charge in [0.05, 0.1) is 0 Å². The molecule has 2 aromatic rings. The molecule has 1 saturated carbocycles. The number of nitrogens with zero attached hydrogens (tertiary/aromatic N) is 1. The van der Waals surface area contributed by atoms with E-state index in [0.29, 0.717) is 5.56 Å². The predicted molar refractivity (Wildman–Crippen MR) is 122 cm³/mol. The molecule has 0 radical (unpaired) electrons. The summed E-state index contributed by atoms with van der Waals surface area (Å²) in [6.45, 7) is 2.27. The van der Waals surface area contributed by atoms with E-state index in [-0.39, 0.29) is 0 Å². The van der Waals surface area contributed by atoms with Crippen molar-refractivity contribution in [1.82, 2.24) is 4.98 Å². The molecular formula is C27H36F3N. The number of aromatic nitrogens is 1. The minimum absolute atomic E-state index is 0.715. The summed E-state index contributed by atoms with van der Waals surface area (Å²) in [6.07, 6.45) is 13.1. The number of pyridine rings is 1. The second-order valence-electron chi connectivity index (χ2n) is 9.26. The summed E-state index contributed by atoms with van der Waals surface area (Å²) in [5.74, 6) is 1.80. The van der Waals surface area contributed by atoms with Crippen LogP contribution in [0, 0.1) is 11.8 Å². The van der Waals surface area contributed by atoms with E-state index in [1.54, 1.807) is 0 Å². The zero-order valence-electron chi connectivity index (χ0n) is 18.8. The Bertz CT molecular complexity index is 757. The second kappa shape index (κ2) is 11.7. The summed E-state index contributed by atoms with van der Waals surface area (Å²) in [4.78, 5) is 3.56. The predicted octanol–water partition coefficient (Wildman–Crippen LogP) is 8.87. The normalized spacial score (nSPS) is 19.5. The lowest BCUT2D eigenvalue weighted by atomic mass is 9.77. The van der Waals surface area contributed by atoms with Gasteiger partial charge in [-0.3, -0.25) is 4.98 Å². The highest BCUT2D eigenvalue weighted by Gasteiger charge is 2.32. The monoisotopic (exact) mass is 431 g/mol. The van der Waals surface area contributed by atoms with Crippen LogP contribution in [-0.2, 0) is 12.6 Å². The molecule has 1 aromatic carbocycles. The fourth-order valence-electron chi connectivity index (χ4n) is 4.81. The van der Waals surface area contributed by atoms with Gasteiger partial charge in [0.1, 0.15) is 5.69 Å². The molecule has 4 heteroatoms. The van der Waals surface area contributed by atoms with Gasteiger partial charge < -0.3 is 0 Å². The van der Waals surface area contributed by atoms with Gasteiger partial charge in [0.25, 0.3) is 0 Å². The Morgan fingerprint density at radius 2 is 1.39 bits per heavy atom. The van der Waals surface area contributed by atoms with Crippen LogP contribution in [0.15, 0.2) is 42.6 Å². The van der Waals surface area contributed by atoms with Crippen LogP contribution in [0.1, 0.15) is 88.8 Å². The van der Waals surface area contributed by atoms with Crippen LogP contribution in [0.4, 0.5) is 13.2 Å². The molecule has 170 valence electrons. The zero-order chi connectivity index (χ0) is 22.1. The minimum atomic E-state index is -4.39. The summed E-state index contributed by atoms with van der Waals surface area (Å²) >= 11 is 0. The average Bonchev–Trinajstić information content (AvgIpc) is 2.78. The van der Waals surface area contributed by atoms with Crippen molar-refractivity contribution in [3.05, 3.63) is 53.9 Å². The Kier molecular flexibility index (Phi) is 8.98. The molecule has 0 bridgehead atoms. The molecular weight excluding hydrogens is 395 g/mol. The molecule has 31 heavy (non-hydrogen) atoms. The van der Waals surface area contributed by atoms with Gasteiger partial charge in [-0.15, -0.1) is 0 Å². The summed E-state index contributed by atoms with van der Waals surface area (Å²) in [7, 11) is 0. The van der Waals surface area contributed by atoms with Crippen molar-refractivity contribution in [3.63, 3.8) is 0 Å². The molecule has 1 heterocycles. The van der Waals surface area contributed by atoms with E-state index in [1.165, 1.54) is 88.5 Å². The topological polar surface area (TPSA) is 12.9 Å². The van der Waals surface area contributed by atoms with Gasteiger partial charge in [0, 0.05) is 11.8 Å². The fourth-order valence-corrected chi connectivity index (χ4v) is 4.81. The number of aryl methyl sites for hydroxylation is 1. The lowest BCUT2D eigenvalue weighted by molar-refractivity contribution is -0.141. The Balaban J connectivity index is 1.39. The number of unbranched alkanes of at least 4 members (excludes halogenated alkanes) is 4. The first kappa shape index (κ1) is 23.8. The molecule has 1 aromatic heterocycles. The molecule has 1 aliphatic rings. The second-order valence-corrected chi connectivity index (χ2v) is 9.26. The smallest absolute Gasteiger partial charge is 0.251 e. The highest BCUT2D eigenvalue weighted by Crippen LogP contribution is 2.34. The van der Waals surface area contributed by atoms with E-state index in [2.05, 4.69) is 24.0 Å². The standard InChI is InChI=1S/C27H36F3N/c1-2-3-4-5-6-7-21-8-10-22(11-9-21)12-13-23-14-16-24(17-15-23)25-18-19-26(31-20-25)27(28,29)30/h14-22H,2-13H2,1H3/t21-,22-. The van der Waals surface area contributed by atoms with Crippen molar-refractivity contribution in [2.75, 3.05) is 0 Å². The van der Waals surface area contributed by atoms with Gasteiger partial charge in [-0.25, -0.2) is 0 Å². The Morgan fingerprint density at radius 3 is 1.97 bits per heavy atom. The number of hydrogen-bond acceptors (Lipinski definition) is 1. The van der Waals surface area contributed by atoms with Gasteiger partial charge in [0.15, 0.2) is 0 Å². The van der Waals surface area contributed by atoms with Crippen molar-refractivity contribution in [1.29, 1.82) is 0 Å². The molecule has 1 fully saturated rings. The van der Waals surface area contributed by atoms with Crippen molar-refractivity contribution in [2.45, 2.75) is 90.1 Å². The number of benzene rings is 1. The molecule has 0 aliphatic heterocycles. The van der Waals surface area contributed by atoms with E-state index in [0.717, 1.165) is 29.9 Å². The van der Waals surface area contributed by atoms with Crippen LogP contribution in [0.2, 0.25) is 0 Å². The van der Waals surface area contributed by atoms with Crippen molar-refractivity contribution in [2.24, 2.45) is 11.8 Å². The maximum atomic E-state index is 12.7. The quantitative estimate of drug-likeness (QED) is 0.342. The van der Waals surface area contributed by atoms with E-state index in [4.69, 9.17) is 0 Å². The lowest BCUT2D eigenvalue weighted by Gasteiger charge is -2.28. The van der Waals surface area contributed by atoms with Crippen LogP contribution >= 0.6 is 0 Å². The molecule has 0 atom stereocenters. The van der Waals surface area contributed by atoms with Gasteiger partial charge in [-0.05, 0) is 41.9 Å². The number of alkyl halides is 3. The maximum Gasteiger partial charge on any atom is 0.433 e. The summed E-state index contributed by atoms with van der Waals surface area (Å²) in [5.41, 5.74) is 2.08. The molecule has 3 rings (SSSR count). The minimum Gasteiger partial charge on any atom is -0.251 e. The van der Waals surface area contributed by atoms with Crippen LogP contribution < -0.4 is 0 Å². The first-order valence-electron chi connectivity index (χ1n) is 12.1. The molecule has 0 N–H and O–H groups in total. The van der Waals surface area contributed by atoms with Gasteiger partial charge in [-0.1, -0.05) is 101 Å². The third-order valence-corrected chi connectivity index (χ3v) is 6.86. The summed E-state index contributed by atoms with van der Waals surface area (Å²) < 4.78 is 38.0. The first-order chi connectivity index (χ1) is 15.0. The molecule has 1 aliphatic carbocycles. The van der Waals surface area contributed by atoms with Gasteiger partial charge in [-0.2, -0.15) is 13.2 Å².